The topological polar surface area (TPSA) is 181 Å². The third kappa shape index (κ3) is 6.92. The standard InChI is InChI=1S/C16H22N2O10S/c1-8(19)17-10-3-5-11(6-4-10)27-16-13(18-9(2)20)15(22)14(21)12(28-16)7-26-29(23,24)25/h3-6,12-16,21-22H,7H2,1-2H3,(H,17,19)(H,18,20)(H,23,24,25)/t12-,13-,14+,15-,16-/m1/s1. The molecular formula is C16H22N2O10S. The Morgan fingerprint density at radius 1 is 1.10 bits per heavy atom. The maximum atomic E-state index is 11.5. The van der Waals surface area contributed by atoms with Crippen LogP contribution in [0.25, 0.3) is 0 Å². The van der Waals surface area contributed by atoms with Crippen LogP contribution in [0.1, 0.15) is 13.8 Å². The van der Waals surface area contributed by atoms with Gasteiger partial charge in [-0.15, -0.1) is 0 Å². The number of rotatable bonds is 7. The van der Waals surface area contributed by atoms with Gasteiger partial charge in [0.1, 0.15) is 30.1 Å². The van der Waals surface area contributed by atoms with Gasteiger partial charge < -0.3 is 30.3 Å². The Morgan fingerprint density at radius 2 is 1.72 bits per heavy atom. The molecule has 0 bridgehead atoms. The molecule has 1 heterocycles. The van der Waals surface area contributed by atoms with E-state index in [9.17, 15) is 28.2 Å². The lowest BCUT2D eigenvalue weighted by Crippen LogP contribution is -2.65. The fourth-order valence-corrected chi connectivity index (χ4v) is 2.97. The van der Waals surface area contributed by atoms with Crippen LogP contribution in [0.15, 0.2) is 24.3 Å². The van der Waals surface area contributed by atoms with Gasteiger partial charge in [-0.1, -0.05) is 0 Å². The van der Waals surface area contributed by atoms with Crippen LogP contribution in [0.3, 0.4) is 0 Å². The van der Waals surface area contributed by atoms with Gasteiger partial charge >= 0.3 is 10.4 Å². The summed E-state index contributed by atoms with van der Waals surface area (Å²) < 4.78 is 45.5. The fourth-order valence-electron chi connectivity index (χ4n) is 2.67. The highest BCUT2D eigenvalue weighted by molar-refractivity contribution is 7.80. The Kier molecular flexibility index (Phi) is 7.51. The molecule has 29 heavy (non-hydrogen) atoms. The van der Waals surface area contributed by atoms with Crippen molar-refractivity contribution in [1.82, 2.24) is 5.32 Å². The van der Waals surface area contributed by atoms with Crippen LogP contribution in [-0.4, -0.2) is 72.2 Å². The van der Waals surface area contributed by atoms with Gasteiger partial charge in [-0.2, -0.15) is 8.42 Å². The van der Waals surface area contributed by atoms with E-state index in [1.54, 1.807) is 0 Å². The first-order valence-electron chi connectivity index (χ1n) is 8.41. The van der Waals surface area contributed by atoms with Gasteiger partial charge in [-0.05, 0) is 24.3 Å². The molecule has 2 rings (SSSR count). The third-order valence-corrected chi connectivity index (χ3v) is 4.31. The molecule has 0 aliphatic carbocycles. The number of benzene rings is 1. The van der Waals surface area contributed by atoms with E-state index < -0.39 is 53.6 Å². The number of anilines is 1. The van der Waals surface area contributed by atoms with Crippen LogP contribution in [0.5, 0.6) is 5.75 Å². The summed E-state index contributed by atoms with van der Waals surface area (Å²) in [7, 11) is -4.81. The lowest BCUT2D eigenvalue weighted by molar-refractivity contribution is -0.242. The maximum Gasteiger partial charge on any atom is 0.397 e. The average molecular weight is 434 g/mol. The van der Waals surface area contributed by atoms with Gasteiger partial charge in [0.25, 0.3) is 0 Å². The van der Waals surface area contributed by atoms with Crippen LogP contribution < -0.4 is 15.4 Å². The van der Waals surface area contributed by atoms with Gasteiger partial charge in [0, 0.05) is 19.5 Å². The highest BCUT2D eigenvalue weighted by Crippen LogP contribution is 2.26. The van der Waals surface area contributed by atoms with E-state index in [0.29, 0.717) is 5.69 Å². The van der Waals surface area contributed by atoms with Crippen molar-refractivity contribution in [1.29, 1.82) is 0 Å². The minimum Gasteiger partial charge on any atom is -0.463 e. The highest BCUT2D eigenvalue weighted by Gasteiger charge is 2.46. The van der Waals surface area contributed by atoms with Crippen LogP contribution >= 0.6 is 0 Å². The first-order valence-corrected chi connectivity index (χ1v) is 9.77. The SMILES string of the molecule is CC(=O)Nc1ccc(O[C@@H]2O[C@H](COS(=O)(=O)O)[C@H](O)[C@H](O)[C@H]2NC(C)=O)cc1. The molecule has 0 aromatic heterocycles. The number of amides is 2. The average Bonchev–Trinajstić information content (AvgIpc) is 2.60. The van der Waals surface area contributed by atoms with Gasteiger partial charge in [0.2, 0.25) is 18.1 Å². The molecule has 0 unspecified atom stereocenters. The molecule has 0 spiro atoms. The molecule has 0 saturated carbocycles. The summed E-state index contributed by atoms with van der Waals surface area (Å²) in [6, 6.07) is 4.86. The van der Waals surface area contributed by atoms with Crippen molar-refractivity contribution >= 4 is 27.9 Å². The first kappa shape index (κ1) is 23.0. The summed E-state index contributed by atoms with van der Waals surface area (Å²) in [5.74, 6) is -0.566. The zero-order valence-electron chi connectivity index (χ0n) is 15.5. The number of nitrogens with one attached hydrogen (secondary N) is 2. The molecule has 1 aromatic rings. The van der Waals surface area contributed by atoms with E-state index in [1.165, 1.54) is 38.1 Å². The smallest absolute Gasteiger partial charge is 0.397 e. The highest BCUT2D eigenvalue weighted by atomic mass is 32.3. The lowest BCUT2D eigenvalue weighted by Gasteiger charge is -2.42. The Hall–Kier alpha value is -2.29. The van der Waals surface area contributed by atoms with E-state index in [-0.39, 0.29) is 11.7 Å². The third-order valence-electron chi connectivity index (χ3n) is 3.88. The first-order chi connectivity index (χ1) is 13.5. The quantitative estimate of drug-likeness (QED) is 0.327. The number of carbonyl (C=O) groups is 2. The molecule has 1 fully saturated rings. The van der Waals surface area contributed by atoms with Crippen molar-refractivity contribution in [2.24, 2.45) is 0 Å². The van der Waals surface area contributed by atoms with Crippen molar-refractivity contribution in [2.45, 2.75) is 44.5 Å². The van der Waals surface area contributed by atoms with Crippen molar-refractivity contribution in [2.75, 3.05) is 11.9 Å². The Balaban J connectivity index is 2.18. The largest absolute Gasteiger partial charge is 0.463 e. The predicted molar refractivity (Wildman–Crippen MR) is 97.2 cm³/mol. The lowest BCUT2D eigenvalue weighted by atomic mass is 9.97. The molecule has 162 valence electrons. The monoisotopic (exact) mass is 434 g/mol. The zero-order valence-corrected chi connectivity index (χ0v) is 16.3. The molecule has 0 radical (unpaired) electrons. The van der Waals surface area contributed by atoms with E-state index >= 15 is 0 Å². The second-order valence-electron chi connectivity index (χ2n) is 6.29. The van der Waals surface area contributed by atoms with Gasteiger partial charge in [0.05, 0.1) is 6.61 Å². The van der Waals surface area contributed by atoms with E-state index in [2.05, 4.69) is 14.8 Å². The number of hydrogen-bond acceptors (Lipinski definition) is 9. The van der Waals surface area contributed by atoms with E-state index in [4.69, 9.17) is 14.0 Å². The Morgan fingerprint density at radius 3 is 2.24 bits per heavy atom. The Labute approximate surface area is 166 Å². The minimum absolute atomic E-state index is 0.234. The van der Waals surface area contributed by atoms with E-state index in [1.807, 2.05) is 0 Å². The molecule has 1 aliphatic heterocycles. The van der Waals surface area contributed by atoms with Crippen LogP contribution in [0, 0.1) is 0 Å². The molecule has 1 aromatic carbocycles. The zero-order chi connectivity index (χ0) is 21.8. The second kappa shape index (κ2) is 9.47. The van der Waals surface area contributed by atoms with E-state index in [0.717, 1.165) is 0 Å². The molecular weight excluding hydrogens is 412 g/mol. The van der Waals surface area contributed by atoms with Crippen molar-refractivity contribution in [3.63, 3.8) is 0 Å². The van der Waals surface area contributed by atoms with Gasteiger partial charge in [-0.25, -0.2) is 4.18 Å². The van der Waals surface area contributed by atoms with Crippen LogP contribution in [-0.2, 0) is 28.9 Å². The number of aliphatic hydroxyl groups is 2. The fraction of sp³-hybridized carbons (Fsp3) is 0.500. The van der Waals surface area contributed by atoms with Gasteiger partial charge in [-0.3, -0.25) is 14.1 Å². The molecule has 13 heteroatoms. The normalized spacial score (nSPS) is 27.1. The summed E-state index contributed by atoms with van der Waals surface area (Å²) in [4.78, 5) is 22.5. The summed E-state index contributed by atoms with van der Waals surface area (Å²) >= 11 is 0. The van der Waals surface area contributed by atoms with Crippen molar-refractivity contribution in [3.8, 4) is 5.75 Å². The molecule has 5 atom stereocenters. The summed E-state index contributed by atoms with van der Waals surface area (Å²) in [6.07, 6.45) is -5.96. The maximum absolute atomic E-state index is 11.5. The summed E-state index contributed by atoms with van der Waals surface area (Å²) in [5.41, 5.74) is 0.503. The number of aliphatic hydroxyl groups excluding tert-OH is 2. The Bertz CT molecular complexity index is 829. The predicted octanol–water partition coefficient (Wildman–Crippen LogP) is -1.21. The van der Waals surface area contributed by atoms with Crippen LogP contribution in [0.4, 0.5) is 5.69 Å². The molecule has 1 saturated heterocycles. The summed E-state index contributed by atoms with van der Waals surface area (Å²) in [5, 5.41) is 25.4. The molecule has 12 nitrogen and oxygen atoms in total. The molecule has 1 aliphatic rings. The summed E-state index contributed by atoms with van der Waals surface area (Å²) in [6.45, 7) is 1.73. The number of ether oxygens (including phenoxy) is 2. The number of carbonyl (C=O) groups excluding carboxylic acids is 2. The number of hydrogen-bond donors (Lipinski definition) is 5. The minimum atomic E-state index is -4.81. The van der Waals surface area contributed by atoms with Crippen molar-refractivity contribution < 1.29 is 46.4 Å². The molecule has 5 N–H and O–H groups in total. The van der Waals surface area contributed by atoms with Crippen molar-refractivity contribution in [3.05, 3.63) is 24.3 Å². The van der Waals surface area contributed by atoms with Gasteiger partial charge in [0.15, 0.2) is 0 Å². The molecule has 2 amide bonds. The van der Waals surface area contributed by atoms with Crippen LogP contribution in [0.2, 0.25) is 0 Å². The second-order valence-corrected chi connectivity index (χ2v) is 7.38.